The number of carbonyl (C=O) groups is 2. The second-order valence-electron chi connectivity index (χ2n) is 6.50. The fourth-order valence-electron chi connectivity index (χ4n) is 2.52. The highest BCUT2D eigenvalue weighted by Crippen LogP contribution is 2.21. The summed E-state index contributed by atoms with van der Waals surface area (Å²) in [5.74, 6) is 0.693. The fraction of sp³-hybridized carbons (Fsp3) is 0.136. The van der Waals surface area contributed by atoms with Crippen LogP contribution in [-0.4, -0.2) is 16.8 Å². The number of nitrogens with zero attached hydrogens (tertiary/aromatic N) is 1. The van der Waals surface area contributed by atoms with Gasteiger partial charge in [-0.2, -0.15) is 0 Å². The Hall–Kier alpha value is -3.67. The number of hydrazine groups is 1. The molecule has 28 heavy (non-hydrogen) atoms. The van der Waals surface area contributed by atoms with Crippen molar-refractivity contribution in [1.82, 2.24) is 15.8 Å². The Bertz CT molecular complexity index is 954. The molecule has 6 heteroatoms. The van der Waals surface area contributed by atoms with Crippen molar-refractivity contribution in [1.29, 1.82) is 0 Å². The lowest BCUT2D eigenvalue weighted by atomic mass is 10.0. The van der Waals surface area contributed by atoms with E-state index in [4.69, 9.17) is 4.74 Å². The quantitative estimate of drug-likeness (QED) is 0.659. The summed E-state index contributed by atoms with van der Waals surface area (Å²) in [5.41, 5.74) is 6.83. The third-order valence-electron chi connectivity index (χ3n) is 4.11. The Morgan fingerprint density at radius 1 is 0.821 bits per heavy atom. The number of carbonyl (C=O) groups excluding carboxylic acids is 2. The van der Waals surface area contributed by atoms with Crippen molar-refractivity contribution < 1.29 is 14.3 Å². The molecule has 3 rings (SSSR count). The number of ether oxygens (including phenoxy) is 1. The second-order valence-corrected chi connectivity index (χ2v) is 6.50. The fourth-order valence-corrected chi connectivity index (χ4v) is 2.52. The van der Waals surface area contributed by atoms with Gasteiger partial charge >= 0.3 is 0 Å². The normalized spacial score (nSPS) is 10.4. The molecule has 6 nitrogen and oxygen atoms in total. The van der Waals surface area contributed by atoms with Crippen molar-refractivity contribution in [2.45, 2.75) is 19.8 Å². The Morgan fingerprint density at radius 2 is 1.46 bits per heavy atom. The summed E-state index contributed by atoms with van der Waals surface area (Å²) in [6.45, 7) is 4.17. The second kappa shape index (κ2) is 8.81. The maximum absolute atomic E-state index is 12.3. The minimum absolute atomic E-state index is 0.363. The lowest BCUT2D eigenvalue weighted by Gasteiger charge is -2.10. The lowest BCUT2D eigenvalue weighted by molar-refractivity contribution is 0.0846. The van der Waals surface area contributed by atoms with E-state index in [1.807, 2.05) is 12.1 Å². The molecule has 0 fully saturated rings. The van der Waals surface area contributed by atoms with Crippen LogP contribution in [0.4, 0.5) is 0 Å². The van der Waals surface area contributed by atoms with Gasteiger partial charge in [-0.15, -0.1) is 0 Å². The molecule has 2 N–H and O–H groups in total. The smallest absolute Gasteiger partial charge is 0.269 e. The third-order valence-corrected chi connectivity index (χ3v) is 4.11. The lowest BCUT2D eigenvalue weighted by Crippen LogP contribution is -2.41. The van der Waals surface area contributed by atoms with Crippen LogP contribution in [0.1, 0.15) is 46.0 Å². The maximum Gasteiger partial charge on any atom is 0.269 e. The Balaban J connectivity index is 1.60. The van der Waals surface area contributed by atoms with Gasteiger partial charge in [-0.25, -0.2) is 0 Å². The largest absolute Gasteiger partial charge is 0.457 e. The standard InChI is InChI=1S/C22H21N3O3/c1-15(2)16-6-8-17(9-7-16)21(26)24-25-22(27)18-4-3-5-20(14-18)28-19-10-12-23-13-11-19/h3-15H,1-2H3,(H,24,26)(H,25,27). The number of hydrogen-bond donors (Lipinski definition) is 2. The predicted octanol–water partition coefficient (Wildman–Crippen LogP) is 4.07. The molecule has 3 aromatic rings. The van der Waals surface area contributed by atoms with Crippen LogP contribution < -0.4 is 15.6 Å². The highest BCUT2D eigenvalue weighted by atomic mass is 16.5. The van der Waals surface area contributed by atoms with Crippen LogP contribution in [0, 0.1) is 0 Å². The van der Waals surface area contributed by atoms with E-state index in [1.165, 1.54) is 0 Å². The average molecular weight is 375 g/mol. The van der Waals surface area contributed by atoms with Crippen LogP contribution in [0.3, 0.4) is 0 Å². The highest BCUT2D eigenvalue weighted by molar-refractivity contribution is 5.99. The molecule has 0 atom stereocenters. The molecule has 142 valence electrons. The van der Waals surface area contributed by atoms with Crippen molar-refractivity contribution >= 4 is 11.8 Å². The number of hydrogen-bond acceptors (Lipinski definition) is 4. The summed E-state index contributed by atoms with van der Waals surface area (Å²) >= 11 is 0. The number of nitrogens with one attached hydrogen (secondary N) is 2. The minimum Gasteiger partial charge on any atom is -0.457 e. The molecule has 0 bridgehead atoms. The topological polar surface area (TPSA) is 80.3 Å². The van der Waals surface area contributed by atoms with E-state index in [1.54, 1.807) is 60.9 Å². The summed E-state index contributed by atoms with van der Waals surface area (Å²) in [5, 5.41) is 0. The number of rotatable bonds is 5. The van der Waals surface area contributed by atoms with E-state index in [9.17, 15) is 9.59 Å². The Labute approximate surface area is 163 Å². The van der Waals surface area contributed by atoms with E-state index in [2.05, 4.69) is 29.7 Å². The van der Waals surface area contributed by atoms with Crippen molar-refractivity contribution in [3.05, 3.63) is 89.7 Å². The summed E-state index contributed by atoms with van der Waals surface area (Å²) < 4.78 is 5.69. The molecule has 0 aliphatic rings. The van der Waals surface area contributed by atoms with Gasteiger partial charge in [0.05, 0.1) is 0 Å². The number of pyridine rings is 1. The van der Waals surface area contributed by atoms with E-state index in [0.717, 1.165) is 5.56 Å². The van der Waals surface area contributed by atoms with E-state index >= 15 is 0 Å². The number of benzene rings is 2. The summed E-state index contributed by atoms with van der Waals surface area (Å²) in [4.78, 5) is 28.5. The highest BCUT2D eigenvalue weighted by Gasteiger charge is 2.11. The minimum atomic E-state index is -0.438. The van der Waals surface area contributed by atoms with Crippen LogP contribution in [0.5, 0.6) is 11.5 Å². The van der Waals surface area contributed by atoms with E-state index in [0.29, 0.717) is 28.5 Å². The first-order valence-corrected chi connectivity index (χ1v) is 8.91. The summed E-state index contributed by atoms with van der Waals surface area (Å²) in [6.07, 6.45) is 3.24. The van der Waals surface area contributed by atoms with Gasteiger partial charge in [-0.1, -0.05) is 32.0 Å². The van der Waals surface area contributed by atoms with Crippen LogP contribution in [-0.2, 0) is 0 Å². The third kappa shape index (κ3) is 4.94. The monoisotopic (exact) mass is 375 g/mol. The molecular weight excluding hydrogens is 354 g/mol. The molecule has 1 heterocycles. The van der Waals surface area contributed by atoms with Gasteiger partial charge in [-0.05, 0) is 53.9 Å². The molecular formula is C22H21N3O3. The van der Waals surface area contributed by atoms with Crippen molar-refractivity contribution in [2.24, 2.45) is 0 Å². The van der Waals surface area contributed by atoms with Crippen molar-refractivity contribution in [2.75, 3.05) is 0 Å². The first-order valence-electron chi connectivity index (χ1n) is 8.91. The zero-order valence-corrected chi connectivity index (χ0v) is 15.7. The van der Waals surface area contributed by atoms with Crippen LogP contribution in [0.15, 0.2) is 73.1 Å². The first kappa shape index (κ1) is 19.1. The molecule has 2 amide bonds. The predicted molar refractivity (Wildman–Crippen MR) is 106 cm³/mol. The molecule has 0 aliphatic heterocycles. The van der Waals surface area contributed by atoms with Gasteiger partial charge < -0.3 is 4.74 Å². The maximum atomic E-state index is 12.3. The molecule has 0 saturated heterocycles. The van der Waals surface area contributed by atoms with Crippen LogP contribution >= 0.6 is 0 Å². The molecule has 0 spiro atoms. The Morgan fingerprint density at radius 3 is 2.11 bits per heavy atom. The molecule has 0 unspecified atom stereocenters. The molecule has 0 radical (unpaired) electrons. The molecule has 2 aromatic carbocycles. The molecule has 0 saturated carbocycles. The van der Waals surface area contributed by atoms with Crippen molar-refractivity contribution in [3.63, 3.8) is 0 Å². The van der Waals surface area contributed by atoms with Gasteiger partial charge in [0, 0.05) is 23.5 Å². The number of amides is 2. The zero-order valence-electron chi connectivity index (χ0n) is 15.7. The number of aromatic nitrogens is 1. The summed E-state index contributed by atoms with van der Waals surface area (Å²) in [7, 11) is 0. The zero-order chi connectivity index (χ0) is 19.9. The molecule has 1 aromatic heterocycles. The SMILES string of the molecule is CC(C)c1ccc(C(=O)NNC(=O)c2cccc(Oc3ccncc3)c2)cc1. The van der Waals surface area contributed by atoms with E-state index in [-0.39, 0.29) is 5.91 Å². The van der Waals surface area contributed by atoms with Crippen LogP contribution in [0.2, 0.25) is 0 Å². The first-order chi connectivity index (χ1) is 13.5. The van der Waals surface area contributed by atoms with Gasteiger partial charge in [0.15, 0.2) is 0 Å². The average Bonchev–Trinajstić information content (AvgIpc) is 2.72. The summed E-state index contributed by atoms with van der Waals surface area (Å²) in [6, 6.07) is 17.4. The van der Waals surface area contributed by atoms with Crippen molar-refractivity contribution in [3.8, 4) is 11.5 Å². The Kier molecular flexibility index (Phi) is 6.01. The van der Waals surface area contributed by atoms with Crippen LogP contribution in [0.25, 0.3) is 0 Å². The van der Waals surface area contributed by atoms with E-state index < -0.39 is 5.91 Å². The van der Waals surface area contributed by atoms with Gasteiger partial charge in [-0.3, -0.25) is 25.4 Å². The van der Waals surface area contributed by atoms with Gasteiger partial charge in [0.25, 0.3) is 11.8 Å². The molecule has 0 aliphatic carbocycles. The van der Waals surface area contributed by atoms with Gasteiger partial charge in [0.1, 0.15) is 11.5 Å². The van der Waals surface area contributed by atoms with Gasteiger partial charge in [0.2, 0.25) is 0 Å².